The lowest BCUT2D eigenvalue weighted by Crippen LogP contribution is -2.27. The molecule has 1 unspecified atom stereocenters. The molecule has 1 aromatic carbocycles. The number of ether oxygens (including phenoxy) is 1. The molecule has 4 rings (SSSR count). The Morgan fingerprint density at radius 2 is 1.73 bits per heavy atom. The summed E-state index contributed by atoms with van der Waals surface area (Å²) in [5, 5.41) is 0.516. The van der Waals surface area contributed by atoms with Crippen LogP contribution in [0.4, 0.5) is 19.0 Å². The maximum absolute atomic E-state index is 13.8. The lowest BCUT2D eigenvalue weighted by atomic mass is 10.1. The third kappa shape index (κ3) is 4.88. The van der Waals surface area contributed by atoms with Crippen LogP contribution < -0.4 is 9.46 Å². The van der Waals surface area contributed by atoms with Crippen LogP contribution in [0.3, 0.4) is 0 Å². The third-order valence-electron chi connectivity index (χ3n) is 4.39. The van der Waals surface area contributed by atoms with Crippen LogP contribution in [0.5, 0.6) is 5.88 Å². The van der Waals surface area contributed by atoms with Gasteiger partial charge in [-0.05, 0) is 32.0 Å². The van der Waals surface area contributed by atoms with Crippen molar-refractivity contribution in [3.8, 4) is 5.88 Å². The second kappa shape index (κ2) is 8.56. The van der Waals surface area contributed by atoms with E-state index >= 15 is 0 Å². The highest BCUT2D eigenvalue weighted by Gasteiger charge is 2.44. The minimum atomic E-state index is -4.84. The van der Waals surface area contributed by atoms with Crippen LogP contribution in [0.15, 0.2) is 53.0 Å². The van der Waals surface area contributed by atoms with Crippen molar-refractivity contribution < 1.29 is 26.3 Å². The number of para-hydroxylation sites is 2. The van der Waals surface area contributed by atoms with Gasteiger partial charge in [0, 0.05) is 18.0 Å². The van der Waals surface area contributed by atoms with Crippen molar-refractivity contribution in [1.82, 2.24) is 19.9 Å². The van der Waals surface area contributed by atoms with Gasteiger partial charge in [-0.25, -0.2) is 23.4 Å². The van der Waals surface area contributed by atoms with Gasteiger partial charge in [-0.15, -0.1) is 11.3 Å². The summed E-state index contributed by atoms with van der Waals surface area (Å²) in [5.74, 6) is -1.10. The number of hydrogen-bond acceptors (Lipinski definition) is 8. The van der Waals surface area contributed by atoms with Gasteiger partial charge < -0.3 is 4.74 Å². The van der Waals surface area contributed by atoms with E-state index in [1.54, 1.807) is 25.1 Å². The number of fused-ring (bicyclic) bond motifs is 1. The number of aromatic nitrogens is 4. The van der Waals surface area contributed by atoms with Crippen molar-refractivity contribution in [2.45, 2.75) is 30.3 Å². The molecule has 0 radical (unpaired) electrons. The van der Waals surface area contributed by atoms with Gasteiger partial charge in [-0.2, -0.15) is 13.2 Å². The summed E-state index contributed by atoms with van der Waals surface area (Å²) < 4.78 is 74.9. The largest absolute Gasteiger partial charge is 0.457 e. The van der Waals surface area contributed by atoms with Crippen LogP contribution in [0.1, 0.15) is 22.4 Å². The molecule has 0 amide bonds. The van der Waals surface area contributed by atoms with E-state index in [0.29, 0.717) is 5.01 Å². The van der Waals surface area contributed by atoms with Gasteiger partial charge in [-0.3, -0.25) is 9.71 Å². The first-order valence-electron chi connectivity index (χ1n) is 9.41. The van der Waals surface area contributed by atoms with Crippen LogP contribution in [0.2, 0.25) is 0 Å². The van der Waals surface area contributed by atoms with Gasteiger partial charge >= 0.3 is 6.18 Å². The number of nitrogens with one attached hydrogen (secondary N) is 1. The van der Waals surface area contributed by atoms with E-state index in [2.05, 4.69) is 24.7 Å². The third-order valence-corrected chi connectivity index (χ3v) is 7.41. The Kier molecular flexibility index (Phi) is 5.93. The number of thiazole rings is 1. The van der Waals surface area contributed by atoms with Crippen molar-refractivity contribution in [3.63, 3.8) is 0 Å². The molecule has 0 saturated heterocycles. The molecule has 8 nitrogen and oxygen atoms in total. The molecule has 0 saturated carbocycles. The highest BCUT2D eigenvalue weighted by atomic mass is 32.2. The highest BCUT2D eigenvalue weighted by molar-refractivity contribution is 7.94. The number of sulfonamides is 1. The van der Waals surface area contributed by atoms with Crippen LogP contribution in [-0.2, 0) is 10.0 Å². The number of hydrogen-bond donors (Lipinski definition) is 1. The molecule has 172 valence electrons. The number of alkyl halides is 3. The molecule has 3 heterocycles. The van der Waals surface area contributed by atoms with Gasteiger partial charge in [0.2, 0.25) is 11.9 Å². The average molecular weight is 496 g/mol. The van der Waals surface area contributed by atoms with Gasteiger partial charge in [0.25, 0.3) is 15.9 Å². The van der Waals surface area contributed by atoms with E-state index in [0.717, 1.165) is 17.5 Å². The van der Waals surface area contributed by atoms with E-state index in [1.807, 2.05) is 0 Å². The lowest BCUT2D eigenvalue weighted by Gasteiger charge is -2.22. The molecule has 0 fully saturated rings. The molecule has 0 spiro atoms. The van der Waals surface area contributed by atoms with Crippen molar-refractivity contribution in [2.75, 3.05) is 4.72 Å². The number of benzene rings is 1. The first kappa shape index (κ1) is 22.9. The predicted molar refractivity (Wildman–Crippen MR) is 116 cm³/mol. The first-order valence-corrected chi connectivity index (χ1v) is 11.7. The number of rotatable bonds is 6. The fourth-order valence-electron chi connectivity index (χ4n) is 3.03. The minimum Gasteiger partial charge on any atom is -0.457 e. The average Bonchev–Trinajstić information content (AvgIpc) is 3.10. The van der Waals surface area contributed by atoms with Gasteiger partial charge in [0.15, 0.2) is 4.21 Å². The Bertz CT molecular complexity index is 1410. The Hall–Kier alpha value is -3.32. The maximum atomic E-state index is 13.8. The zero-order valence-corrected chi connectivity index (χ0v) is 18.8. The topological polar surface area (TPSA) is 107 Å². The Morgan fingerprint density at radius 3 is 2.30 bits per heavy atom. The zero-order valence-electron chi connectivity index (χ0n) is 17.2. The quantitative estimate of drug-likeness (QED) is 0.417. The summed E-state index contributed by atoms with van der Waals surface area (Å²) in [6.45, 7) is 3.16. The Balaban J connectivity index is 1.82. The molecule has 0 aliphatic carbocycles. The molecule has 13 heteroatoms. The number of anilines is 1. The number of halogens is 3. The molecular formula is C20H16F3N5O3S2. The molecule has 33 heavy (non-hydrogen) atoms. The smallest absolute Gasteiger partial charge is 0.429 e. The molecule has 4 aromatic rings. The molecule has 1 N–H and O–H groups in total. The summed E-state index contributed by atoms with van der Waals surface area (Å²) >= 11 is 0.926. The van der Waals surface area contributed by atoms with Crippen molar-refractivity contribution in [3.05, 3.63) is 65.1 Å². The number of pyridine rings is 1. The maximum Gasteiger partial charge on any atom is 0.429 e. The van der Waals surface area contributed by atoms with Gasteiger partial charge in [-0.1, -0.05) is 18.2 Å². The Morgan fingerprint density at radius 1 is 1.03 bits per heavy atom. The number of nitrogens with zero attached hydrogens (tertiary/aromatic N) is 4. The monoisotopic (exact) mass is 495 g/mol. The summed E-state index contributed by atoms with van der Waals surface area (Å²) in [5.41, 5.74) is 0.476. The van der Waals surface area contributed by atoms with E-state index < -0.39 is 34.0 Å². The summed E-state index contributed by atoms with van der Waals surface area (Å²) in [6.07, 6.45) is -4.94. The SMILES string of the molecule is Cc1nc(C)c(S(=O)(=O)Nc2nc3ccccc3nc2OC(c2cccnc2)C(F)(F)F)s1. The molecule has 0 aliphatic rings. The molecule has 0 aliphatic heterocycles. The molecule has 1 atom stereocenters. The van der Waals surface area contributed by atoms with Crippen molar-refractivity contribution in [1.29, 1.82) is 0 Å². The van der Waals surface area contributed by atoms with Crippen LogP contribution in [0, 0.1) is 13.8 Å². The standard InChI is InChI=1S/C20H16F3N5O3S2/c1-11-19(32-12(2)25-11)33(29,30)28-17-18(27-15-8-4-3-7-14(15)26-17)31-16(20(21,22)23)13-6-5-9-24-10-13/h3-10,16H,1-2H3,(H,26,28). The van der Waals surface area contributed by atoms with Crippen LogP contribution in [-0.4, -0.2) is 34.5 Å². The molecular weight excluding hydrogens is 479 g/mol. The fraction of sp³-hybridized carbons (Fsp3) is 0.200. The van der Waals surface area contributed by atoms with E-state index in [-0.39, 0.29) is 26.5 Å². The predicted octanol–water partition coefficient (Wildman–Crippen LogP) is 4.58. The highest BCUT2D eigenvalue weighted by Crippen LogP contribution is 2.39. The normalized spacial score (nSPS) is 13.1. The van der Waals surface area contributed by atoms with Gasteiger partial charge in [0.05, 0.1) is 21.7 Å². The van der Waals surface area contributed by atoms with E-state index in [4.69, 9.17) is 4.74 Å². The second-order valence-corrected chi connectivity index (χ2v) is 9.98. The van der Waals surface area contributed by atoms with Crippen LogP contribution >= 0.6 is 11.3 Å². The van der Waals surface area contributed by atoms with Crippen molar-refractivity contribution >= 4 is 38.2 Å². The summed E-state index contributed by atoms with van der Waals surface area (Å²) in [4.78, 5) is 16.1. The zero-order chi connectivity index (χ0) is 23.8. The lowest BCUT2D eigenvalue weighted by molar-refractivity contribution is -0.198. The Labute approximate surface area is 190 Å². The fourth-order valence-corrected chi connectivity index (χ4v) is 5.52. The van der Waals surface area contributed by atoms with Crippen LogP contribution in [0.25, 0.3) is 11.0 Å². The second-order valence-electron chi connectivity index (χ2n) is 6.90. The summed E-state index contributed by atoms with van der Waals surface area (Å²) in [7, 11) is -4.22. The van der Waals surface area contributed by atoms with Crippen molar-refractivity contribution in [2.24, 2.45) is 0 Å². The van der Waals surface area contributed by atoms with E-state index in [9.17, 15) is 21.6 Å². The first-order chi connectivity index (χ1) is 15.5. The molecule has 0 bridgehead atoms. The number of aryl methyl sites for hydroxylation is 2. The van der Waals surface area contributed by atoms with E-state index in [1.165, 1.54) is 31.3 Å². The minimum absolute atomic E-state index is 0.0828. The molecule has 3 aromatic heterocycles. The van der Waals surface area contributed by atoms with Gasteiger partial charge in [0.1, 0.15) is 0 Å². The summed E-state index contributed by atoms with van der Waals surface area (Å²) in [6, 6.07) is 8.87.